The molecule has 0 spiro atoms. The number of benzene rings is 2. The minimum atomic E-state index is -0.453. The summed E-state index contributed by atoms with van der Waals surface area (Å²) < 4.78 is 18.1. The van der Waals surface area contributed by atoms with Crippen LogP contribution in [0.2, 0.25) is 0 Å². The molecule has 0 aliphatic heterocycles. The summed E-state index contributed by atoms with van der Waals surface area (Å²) in [7, 11) is 0. The number of hydrogen-bond acceptors (Lipinski definition) is 3. The van der Waals surface area contributed by atoms with Crippen LogP contribution in [0.4, 0.5) is 4.39 Å². The molecule has 0 heterocycles. The van der Waals surface area contributed by atoms with E-state index >= 15 is 0 Å². The molecule has 1 unspecified atom stereocenters. The molecule has 0 aliphatic rings. The Kier molecular flexibility index (Phi) is 5.42. The molecule has 3 nitrogen and oxygen atoms in total. The van der Waals surface area contributed by atoms with Crippen LogP contribution >= 0.6 is 0 Å². The zero-order valence-corrected chi connectivity index (χ0v) is 12.3. The van der Waals surface area contributed by atoms with E-state index in [1.54, 1.807) is 24.3 Å². The van der Waals surface area contributed by atoms with E-state index < -0.39 is 11.9 Å². The van der Waals surface area contributed by atoms with Gasteiger partial charge in [0, 0.05) is 5.56 Å². The SMILES string of the molecule is CCC(COC(=O)c1ccccc1)C(=O)c1ccc(F)cc1. The molecule has 0 fully saturated rings. The number of rotatable bonds is 6. The van der Waals surface area contributed by atoms with Crippen LogP contribution in [0.1, 0.15) is 34.1 Å². The van der Waals surface area contributed by atoms with Gasteiger partial charge in [0.2, 0.25) is 0 Å². The van der Waals surface area contributed by atoms with Gasteiger partial charge < -0.3 is 4.74 Å². The Morgan fingerprint density at radius 3 is 2.23 bits per heavy atom. The van der Waals surface area contributed by atoms with E-state index in [9.17, 15) is 14.0 Å². The number of ether oxygens (including phenoxy) is 1. The molecule has 0 aliphatic carbocycles. The lowest BCUT2D eigenvalue weighted by Crippen LogP contribution is -2.22. The van der Waals surface area contributed by atoms with Crippen molar-refractivity contribution < 1.29 is 18.7 Å². The van der Waals surface area contributed by atoms with Crippen molar-refractivity contribution in [2.45, 2.75) is 13.3 Å². The molecule has 0 saturated heterocycles. The van der Waals surface area contributed by atoms with Gasteiger partial charge in [0.25, 0.3) is 0 Å². The zero-order chi connectivity index (χ0) is 15.9. The first-order chi connectivity index (χ1) is 10.6. The van der Waals surface area contributed by atoms with Crippen molar-refractivity contribution in [2.24, 2.45) is 5.92 Å². The fourth-order valence-electron chi connectivity index (χ4n) is 2.06. The van der Waals surface area contributed by atoms with Crippen LogP contribution in [0.25, 0.3) is 0 Å². The Hall–Kier alpha value is -2.49. The Morgan fingerprint density at radius 1 is 1.00 bits per heavy atom. The number of halogens is 1. The molecule has 0 amide bonds. The van der Waals surface area contributed by atoms with Gasteiger partial charge in [-0.15, -0.1) is 0 Å². The number of esters is 1. The van der Waals surface area contributed by atoms with E-state index in [0.717, 1.165) is 0 Å². The van der Waals surface area contributed by atoms with Crippen LogP contribution in [0.15, 0.2) is 54.6 Å². The molecular formula is C18H17FO3. The van der Waals surface area contributed by atoms with E-state index in [0.29, 0.717) is 17.5 Å². The third kappa shape index (κ3) is 4.01. The van der Waals surface area contributed by atoms with Crippen LogP contribution in [0.3, 0.4) is 0 Å². The summed E-state index contributed by atoms with van der Waals surface area (Å²) >= 11 is 0. The normalized spacial score (nSPS) is 11.7. The first-order valence-electron chi connectivity index (χ1n) is 7.13. The molecule has 1 atom stereocenters. The molecular weight excluding hydrogens is 283 g/mol. The van der Waals surface area contributed by atoms with Crippen molar-refractivity contribution in [1.29, 1.82) is 0 Å². The first-order valence-corrected chi connectivity index (χ1v) is 7.13. The standard InChI is InChI=1S/C18H17FO3/c1-2-13(17(20)14-8-10-16(19)11-9-14)12-22-18(21)15-6-4-3-5-7-15/h3-11,13H,2,12H2,1H3. The van der Waals surface area contributed by atoms with E-state index in [-0.39, 0.29) is 18.2 Å². The third-order valence-corrected chi connectivity index (χ3v) is 3.42. The van der Waals surface area contributed by atoms with Crippen LogP contribution < -0.4 is 0 Å². The van der Waals surface area contributed by atoms with Crippen molar-refractivity contribution >= 4 is 11.8 Å². The number of carbonyl (C=O) groups excluding carboxylic acids is 2. The van der Waals surface area contributed by atoms with Gasteiger partial charge in [-0.25, -0.2) is 9.18 Å². The van der Waals surface area contributed by atoms with Gasteiger partial charge in [-0.3, -0.25) is 4.79 Å². The van der Waals surface area contributed by atoms with Crippen molar-refractivity contribution in [2.75, 3.05) is 6.61 Å². The summed E-state index contributed by atoms with van der Waals surface area (Å²) in [6.07, 6.45) is 0.540. The highest BCUT2D eigenvalue weighted by Gasteiger charge is 2.20. The Balaban J connectivity index is 1.98. The monoisotopic (exact) mass is 300 g/mol. The van der Waals surface area contributed by atoms with Gasteiger partial charge >= 0.3 is 5.97 Å². The second kappa shape index (κ2) is 7.50. The van der Waals surface area contributed by atoms with Crippen LogP contribution in [-0.4, -0.2) is 18.4 Å². The van der Waals surface area contributed by atoms with Gasteiger partial charge in [-0.1, -0.05) is 25.1 Å². The van der Waals surface area contributed by atoms with E-state index in [1.807, 2.05) is 13.0 Å². The number of carbonyl (C=O) groups is 2. The van der Waals surface area contributed by atoms with E-state index in [1.165, 1.54) is 24.3 Å². The molecule has 0 radical (unpaired) electrons. The topological polar surface area (TPSA) is 43.4 Å². The third-order valence-electron chi connectivity index (χ3n) is 3.42. The highest BCUT2D eigenvalue weighted by Crippen LogP contribution is 2.15. The molecule has 114 valence electrons. The maximum atomic E-state index is 12.9. The average molecular weight is 300 g/mol. The highest BCUT2D eigenvalue weighted by atomic mass is 19.1. The number of hydrogen-bond donors (Lipinski definition) is 0. The van der Waals surface area contributed by atoms with Gasteiger partial charge in [-0.2, -0.15) is 0 Å². The maximum Gasteiger partial charge on any atom is 0.338 e. The Morgan fingerprint density at radius 2 is 1.64 bits per heavy atom. The number of ketones is 1. The van der Waals surface area contributed by atoms with Gasteiger partial charge in [0.1, 0.15) is 12.4 Å². The fourth-order valence-corrected chi connectivity index (χ4v) is 2.06. The fraction of sp³-hybridized carbons (Fsp3) is 0.222. The maximum absolute atomic E-state index is 12.9. The van der Waals surface area contributed by atoms with Crippen molar-refractivity contribution in [1.82, 2.24) is 0 Å². The predicted molar refractivity (Wildman–Crippen MR) is 81.2 cm³/mol. The van der Waals surface area contributed by atoms with Crippen molar-refractivity contribution in [3.8, 4) is 0 Å². The quantitative estimate of drug-likeness (QED) is 0.600. The smallest absolute Gasteiger partial charge is 0.338 e. The first kappa shape index (κ1) is 15.9. The summed E-state index contributed by atoms with van der Waals surface area (Å²) in [5.74, 6) is -1.42. The minimum Gasteiger partial charge on any atom is -0.461 e. The van der Waals surface area contributed by atoms with Crippen LogP contribution in [-0.2, 0) is 4.74 Å². The second-order valence-electron chi connectivity index (χ2n) is 4.94. The Labute approximate surface area is 128 Å². The summed E-state index contributed by atoms with van der Waals surface area (Å²) in [6.45, 7) is 1.86. The molecule has 22 heavy (non-hydrogen) atoms. The van der Waals surface area contributed by atoms with Crippen LogP contribution in [0, 0.1) is 11.7 Å². The van der Waals surface area contributed by atoms with Crippen molar-refractivity contribution in [3.63, 3.8) is 0 Å². The molecule has 2 aromatic carbocycles. The molecule has 0 aromatic heterocycles. The van der Waals surface area contributed by atoms with E-state index in [4.69, 9.17) is 4.74 Å². The second-order valence-corrected chi connectivity index (χ2v) is 4.94. The molecule has 0 N–H and O–H groups in total. The summed E-state index contributed by atoms with van der Waals surface area (Å²) in [5.41, 5.74) is 0.871. The lowest BCUT2D eigenvalue weighted by atomic mass is 9.96. The van der Waals surface area contributed by atoms with Crippen LogP contribution in [0.5, 0.6) is 0 Å². The minimum absolute atomic E-state index is 0.0143. The lowest BCUT2D eigenvalue weighted by Gasteiger charge is -2.14. The van der Waals surface area contributed by atoms with Gasteiger partial charge in [0.15, 0.2) is 5.78 Å². The Bertz CT molecular complexity index is 635. The number of Topliss-reactive ketones (excluding diaryl/α,β-unsaturated/α-hetero) is 1. The molecule has 2 aromatic rings. The molecule has 0 bridgehead atoms. The summed E-state index contributed by atoms with van der Waals surface area (Å²) in [5, 5.41) is 0. The van der Waals surface area contributed by atoms with Gasteiger partial charge in [0.05, 0.1) is 11.5 Å². The highest BCUT2D eigenvalue weighted by molar-refractivity contribution is 5.98. The summed E-state index contributed by atoms with van der Waals surface area (Å²) in [6, 6.07) is 14.0. The summed E-state index contributed by atoms with van der Waals surface area (Å²) in [4.78, 5) is 24.2. The average Bonchev–Trinajstić information content (AvgIpc) is 2.56. The molecule has 0 saturated carbocycles. The predicted octanol–water partition coefficient (Wildman–Crippen LogP) is 3.89. The molecule has 2 rings (SSSR count). The van der Waals surface area contributed by atoms with E-state index in [2.05, 4.69) is 0 Å². The van der Waals surface area contributed by atoms with Gasteiger partial charge in [-0.05, 0) is 42.8 Å². The zero-order valence-electron chi connectivity index (χ0n) is 12.3. The lowest BCUT2D eigenvalue weighted by molar-refractivity contribution is 0.0427. The van der Waals surface area contributed by atoms with Crippen molar-refractivity contribution in [3.05, 3.63) is 71.5 Å². The molecule has 4 heteroatoms. The largest absolute Gasteiger partial charge is 0.461 e.